The molecule has 21 heavy (non-hydrogen) atoms. The molecule has 1 aliphatic rings. The highest BCUT2D eigenvalue weighted by Crippen LogP contribution is 2.29. The summed E-state index contributed by atoms with van der Waals surface area (Å²) >= 11 is 3.19. The number of carboxylic acids is 1. The second kappa shape index (κ2) is 6.83. The minimum Gasteiger partial charge on any atom is -0.480 e. The molecule has 0 atom stereocenters. The minimum absolute atomic E-state index is 0.250. The number of amides is 1. The Morgan fingerprint density at radius 1 is 1.38 bits per heavy atom. The number of aliphatic carboxylic acids is 1. The quantitative estimate of drug-likeness (QED) is 0.872. The molecule has 0 unspecified atom stereocenters. The van der Waals surface area contributed by atoms with E-state index in [0.717, 1.165) is 29.2 Å². The average molecular weight is 327 g/mol. The third-order valence-electron chi connectivity index (χ3n) is 3.87. The van der Waals surface area contributed by atoms with Gasteiger partial charge in [-0.1, -0.05) is 13.3 Å². The van der Waals surface area contributed by atoms with Crippen LogP contribution in [0.3, 0.4) is 0 Å². The van der Waals surface area contributed by atoms with Gasteiger partial charge < -0.3 is 10.4 Å². The maximum Gasteiger partial charge on any atom is 0.329 e. The van der Waals surface area contributed by atoms with Gasteiger partial charge in [0.25, 0.3) is 5.91 Å². The summed E-state index contributed by atoms with van der Waals surface area (Å²) in [5, 5.41) is 12.3. The Kier molecular flexibility index (Phi) is 5.32. The SMILES string of the molecule is CCCc1cc(C(=O)NC2(C(=O)O)CCSCC2)sc1C. The van der Waals surface area contributed by atoms with Gasteiger partial charge in [-0.15, -0.1) is 11.3 Å². The van der Waals surface area contributed by atoms with Crippen LogP contribution in [0.2, 0.25) is 0 Å². The van der Waals surface area contributed by atoms with Crippen molar-refractivity contribution in [2.45, 2.75) is 45.1 Å². The van der Waals surface area contributed by atoms with Gasteiger partial charge in [0.05, 0.1) is 4.88 Å². The normalized spacial score (nSPS) is 17.4. The molecule has 2 rings (SSSR count). The van der Waals surface area contributed by atoms with E-state index in [2.05, 4.69) is 12.2 Å². The zero-order valence-corrected chi connectivity index (χ0v) is 14.0. The number of nitrogens with one attached hydrogen (secondary N) is 1. The summed E-state index contributed by atoms with van der Waals surface area (Å²) < 4.78 is 0. The van der Waals surface area contributed by atoms with E-state index in [9.17, 15) is 14.7 Å². The topological polar surface area (TPSA) is 66.4 Å². The molecule has 0 spiro atoms. The standard InChI is InChI=1S/C15H21NO3S2/c1-3-4-11-9-12(21-10(11)2)13(17)16-15(14(18)19)5-7-20-8-6-15/h9H,3-8H2,1-2H3,(H,16,17)(H,18,19). The van der Waals surface area contributed by atoms with Gasteiger partial charge in [0.15, 0.2) is 0 Å². The lowest BCUT2D eigenvalue weighted by molar-refractivity contribution is -0.144. The van der Waals surface area contributed by atoms with E-state index in [0.29, 0.717) is 17.7 Å². The van der Waals surface area contributed by atoms with E-state index in [-0.39, 0.29) is 5.91 Å². The van der Waals surface area contributed by atoms with Crippen LogP contribution in [-0.4, -0.2) is 34.0 Å². The summed E-state index contributed by atoms with van der Waals surface area (Å²) in [4.78, 5) is 25.8. The van der Waals surface area contributed by atoms with E-state index in [4.69, 9.17) is 0 Å². The second-order valence-electron chi connectivity index (χ2n) is 5.40. The van der Waals surface area contributed by atoms with Crippen LogP contribution >= 0.6 is 23.1 Å². The first kappa shape index (κ1) is 16.4. The van der Waals surface area contributed by atoms with Crippen LogP contribution in [0.5, 0.6) is 0 Å². The second-order valence-corrected chi connectivity index (χ2v) is 7.88. The fourth-order valence-corrected chi connectivity index (χ4v) is 4.70. The molecular weight excluding hydrogens is 306 g/mol. The van der Waals surface area contributed by atoms with E-state index in [1.807, 2.05) is 13.0 Å². The number of thioether (sulfide) groups is 1. The van der Waals surface area contributed by atoms with Gasteiger partial charge >= 0.3 is 5.97 Å². The molecule has 1 saturated heterocycles. The van der Waals surface area contributed by atoms with Gasteiger partial charge in [0, 0.05) is 4.88 Å². The van der Waals surface area contributed by atoms with E-state index in [1.54, 1.807) is 11.8 Å². The van der Waals surface area contributed by atoms with Crippen molar-refractivity contribution in [3.05, 3.63) is 21.4 Å². The van der Waals surface area contributed by atoms with Crippen molar-refractivity contribution in [3.63, 3.8) is 0 Å². The van der Waals surface area contributed by atoms with E-state index in [1.165, 1.54) is 16.9 Å². The van der Waals surface area contributed by atoms with Crippen molar-refractivity contribution >= 4 is 35.0 Å². The molecular formula is C15H21NO3S2. The number of carbonyl (C=O) groups is 2. The molecule has 116 valence electrons. The largest absolute Gasteiger partial charge is 0.480 e. The van der Waals surface area contributed by atoms with Crippen LogP contribution in [0, 0.1) is 6.92 Å². The van der Waals surface area contributed by atoms with Crippen LogP contribution in [0.15, 0.2) is 6.07 Å². The lowest BCUT2D eigenvalue weighted by Crippen LogP contribution is -2.56. The molecule has 1 aromatic rings. The zero-order chi connectivity index (χ0) is 15.5. The summed E-state index contributed by atoms with van der Waals surface area (Å²) in [6, 6.07) is 1.91. The smallest absolute Gasteiger partial charge is 0.329 e. The summed E-state index contributed by atoms with van der Waals surface area (Å²) in [5.41, 5.74) is 0.0988. The fourth-order valence-electron chi connectivity index (χ4n) is 2.54. The molecule has 0 saturated carbocycles. The number of thiophene rings is 1. The predicted molar refractivity (Wildman–Crippen MR) is 87.4 cm³/mol. The Morgan fingerprint density at radius 2 is 2.05 bits per heavy atom. The van der Waals surface area contributed by atoms with Gasteiger partial charge in [0.1, 0.15) is 5.54 Å². The number of hydrogen-bond acceptors (Lipinski definition) is 4. The van der Waals surface area contributed by atoms with Crippen molar-refractivity contribution in [3.8, 4) is 0 Å². The van der Waals surface area contributed by atoms with Gasteiger partial charge in [-0.05, 0) is 49.3 Å². The minimum atomic E-state index is -1.09. The Morgan fingerprint density at radius 3 is 2.62 bits per heavy atom. The highest BCUT2D eigenvalue weighted by atomic mass is 32.2. The molecule has 4 nitrogen and oxygen atoms in total. The summed E-state index contributed by atoms with van der Waals surface area (Å²) in [7, 11) is 0. The number of rotatable bonds is 5. The average Bonchev–Trinajstić information content (AvgIpc) is 2.82. The van der Waals surface area contributed by atoms with Crippen molar-refractivity contribution in [1.82, 2.24) is 5.32 Å². The molecule has 1 amide bonds. The van der Waals surface area contributed by atoms with Gasteiger partial charge in [-0.2, -0.15) is 11.8 Å². The zero-order valence-electron chi connectivity index (χ0n) is 12.4. The maximum absolute atomic E-state index is 12.4. The highest BCUT2D eigenvalue weighted by molar-refractivity contribution is 7.99. The van der Waals surface area contributed by atoms with Crippen LogP contribution in [-0.2, 0) is 11.2 Å². The molecule has 2 N–H and O–H groups in total. The first-order chi connectivity index (χ1) is 9.98. The highest BCUT2D eigenvalue weighted by Gasteiger charge is 2.41. The van der Waals surface area contributed by atoms with Crippen LogP contribution in [0.25, 0.3) is 0 Å². The van der Waals surface area contributed by atoms with E-state index < -0.39 is 11.5 Å². The predicted octanol–water partition coefficient (Wildman–Crippen LogP) is 3.09. The first-order valence-corrected chi connectivity index (χ1v) is 9.18. The van der Waals surface area contributed by atoms with Crippen LogP contribution in [0.4, 0.5) is 0 Å². The maximum atomic E-state index is 12.4. The Balaban J connectivity index is 2.15. The first-order valence-electron chi connectivity index (χ1n) is 7.21. The summed E-state index contributed by atoms with van der Waals surface area (Å²) in [5.74, 6) is 0.381. The van der Waals surface area contributed by atoms with Crippen molar-refractivity contribution in [2.24, 2.45) is 0 Å². The molecule has 0 aromatic carbocycles. The number of carboxylic acid groups (broad SMARTS) is 1. The molecule has 2 heterocycles. The third kappa shape index (κ3) is 3.61. The van der Waals surface area contributed by atoms with Gasteiger partial charge in [0.2, 0.25) is 0 Å². The number of hydrogen-bond donors (Lipinski definition) is 2. The molecule has 0 aliphatic carbocycles. The van der Waals surface area contributed by atoms with Crippen molar-refractivity contribution in [1.29, 1.82) is 0 Å². The van der Waals surface area contributed by atoms with Crippen molar-refractivity contribution in [2.75, 3.05) is 11.5 Å². The van der Waals surface area contributed by atoms with Gasteiger partial charge in [-0.3, -0.25) is 4.79 Å². The van der Waals surface area contributed by atoms with Crippen molar-refractivity contribution < 1.29 is 14.7 Å². The Labute approximate surface area is 133 Å². The van der Waals surface area contributed by atoms with E-state index >= 15 is 0 Å². The van der Waals surface area contributed by atoms with Crippen LogP contribution < -0.4 is 5.32 Å². The molecule has 1 aliphatic heterocycles. The monoisotopic (exact) mass is 327 g/mol. The molecule has 1 aromatic heterocycles. The molecule has 1 fully saturated rings. The lowest BCUT2D eigenvalue weighted by Gasteiger charge is -2.33. The summed E-state index contributed by atoms with van der Waals surface area (Å²) in [6.07, 6.45) is 2.97. The fraction of sp³-hybridized carbons (Fsp3) is 0.600. The number of carbonyl (C=O) groups excluding carboxylic acids is 1. The number of aryl methyl sites for hydroxylation is 2. The Hall–Kier alpha value is -1.01. The lowest BCUT2D eigenvalue weighted by atomic mass is 9.92. The third-order valence-corrected chi connectivity index (χ3v) is 5.95. The Bertz CT molecular complexity index is 533. The summed E-state index contributed by atoms with van der Waals surface area (Å²) in [6.45, 7) is 4.12. The molecule has 0 radical (unpaired) electrons. The molecule has 6 heteroatoms. The van der Waals surface area contributed by atoms with Crippen LogP contribution in [0.1, 0.15) is 46.3 Å². The van der Waals surface area contributed by atoms with Gasteiger partial charge in [-0.25, -0.2) is 4.79 Å². The molecule has 0 bridgehead atoms.